The Labute approximate surface area is 187 Å². The Morgan fingerprint density at radius 3 is 2.40 bits per heavy atom. The molecule has 8 heteroatoms. The average molecular weight is 445 g/mol. The summed E-state index contributed by atoms with van der Waals surface area (Å²) in [5, 5.41) is 20.5. The summed E-state index contributed by atoms with van der Waals surface area (Å²) in [4.78, 5) is 12.8. The van der Waals surface area contributed by atoms with Gasteiger partial charge in [-0.15, -0.1) is 5.10 Å². The Morgan fingerprint density at radius 1 is 1.23 bits per heavy atom. The summed E-state index contributed by atoms with van der Waals surface area (Å²) in [7, 11) is 0. The predicted molar refractivity (Wildman–Crippen MR) is 119 cm³/mol. The van der Waals surface area contributed by atoms with Crippen molar-refractivity contribution >= 4 is 30.1 Å². The Kier molecular flexibility index (Phi) is 6.03. The Balaban J connectivity index is 1.74. The summed E-state index contributed by atoms with van der Waals surface area (Å²) in [6, 6.07) is 10.4. The van der Waals surface area contributed by atoms with Gasteiger partial charge in [-0.05, 0) is 31.2 Å². The molecule has 1 fully saturated rings. The molecular formula is C22H25ClN4O2S. The molecule has 0 saturated heterocycles. The fourth-order valence-corrected chi connectivity index (χ4v) is 4.84. The lowest BCUT2D eigenvalue weighted by atomic mass is 9.49. The second kappa shape index (κ2) is 8.09. The van der Waals surface area contributed by atoms with E-state index < -0.39 is 0 Å². The van der Waals surface area contributed by atoms with Crippen molar-refractivity contribution in [2.75, 3.05) is 0 Å². The van der Waals surface area contributed by atoms with Crippen molar-refractivity contribution < 1.29 is 9.53 Å². The van der Waals surface area contributed by atoms with Gasteiger partial charge < -0.3 is 10.1 Å². The lowest BCUT2D eigenvalue weighted by Gasteiger charge is -2.63. The first-order valence-corrected chi connectivity index (χ1v) is 10.6. The number of amides is 1. The third-order valence-corrected chi connectivity index (χ3v) is 6.35. The summed E-state index contributed by atoms with van der Waals surface area (Å²) in [6.07, 6.45) is -0.169. The maximum Gasteiger partial charge on any atom is 0.272 e. The van der Waals surface area contributed by atoms with Crippen LogP contribution in [0.15, 0.2) is 30.3 Å². The molecule has 30 heavy (non-hydrogen) atoms. The van der Waals surface area contributed by atoms with Crippen molar-refractivity contribution in [1.82, 2.24) is 15.5 Å². The van der Waals surface area contributed by atoms with E-state index in [0.29, 0.717) is 22.0 Å². The zero-order valence-electron chi connectivity index (χ0n) is 17.6. The van der Waals surface area contributed by atoms with Gasteiger partial charge in [0.1, 0.15) is 17.9 Å². The number of nitrogens with one attached hydrogen (secondary N) is 1. The van der Waals surface area contributed by atoms with Gasteiger partial charge in [-0.25, -0.2) is 0 Å². The van der Waals surface area contributed by atoms with E-state index in [9.17, 15) is 4.79 Å². The summed E-state index contributed by atoms with van der Waals surface area (Å²) >= 11 is 10.5. The first kappa shape index (κ1) is 22.4. The van der Waals surface area contributed by atoms with Gasteiger partial charge in [-0.2, -0.15) is 23.0 Å². The highest BCUT2D eigenvalue weighted by Crippen LogP contribution is 2.55. The van der Waals surface area contributed by atoms with Crippen LogP contribution in [-0.2, 0) is 0 Å². The molecule has 1 heterocycles. The minimum atomic E-state index is -0.341. The number of hydrogen-bond donors (Lipinski definition) is 2. The van der Waals surface area contributed by atoms with Gasteiger partial charge in [-0.3, -0.25) is 4.79 Å². The fourth-order valence-electron chi connectivity index (χ4n) is 4.49. The van der Waals surface area contributed by atoms with Crippen LogP contribution in [0.1, 0.15) is 61.6 Å². The molecule has 3 rings (SSSR count). The highest BCUT2D eigenvalue weighted by molar-refractivity contribution is 7.80. The maximum atomic E-state index is 12.8. The maximum absolute atomic E-state index is 12.8. The van der Waals surface area contributed by atoms with Crippen LogP contribution >= 0.6 is 24.2 Å². The lowest BCUT2D eigenvalue weighted by molar-refractivity contribution is -0.164. The van der Waals surface area contributed by atoms with Crippen molar-refractivity contribution in [3.05, 3.63) is 52.3 Å². The number of aromatic nitrogens is 2. The van der Waals surface area contributed by atoms with Crippen molar-refractivity contribution in [3.8, 4) is 11.8 Å². The molecule has 1 atom stereocenters. The van der Waals surface area contributed by atoms with Gasteiger partial charge in [0.2, 0.25) is 0 Å². The predicted octanol–water partition coefficient (Wildman–Crippen LogP) is 4.60. The molecule has 6 nitrogen and oxygen atoms in total. The highest BCUT2D eigenvalue weighted by Gasteiger charge is 2.64. The van der Waals surface area contributed by atoms with Crippen molar-refractivity contribution in [2.45, 2.75) is 52.0 Å². The molecular weight excluding hydrogens is 420 g/mol. The third kappa shape index (κ3) is 3.99. The van der Waals surface area contributed by atoms with Crippen LogP contribution in [-0.4, -0.2) is 28.3 Å². The molecule has 0 aliphatic heterocycles. The first-order valence-electron chi connectivity index (χ1n) is 9.67. The highest BCUT2D eigenvalue weighted by atomic mass is 35.5. The number of nitriles is 1. The van der Waals surface area contributed by atoms with Gasteiger partial charge >= 0.3 is 0 Å². The minimum Gasteiger partial charge on any atom is -0.489 e. The Hall–Kier alpha value is -2.30. The molecule has 1 aromatic heterocycles. The molecule has 0 bridgehead atoms. The number of halogens is 1. The van der Waals surface area contributed by atoms with E-state index in [1.165, 1.54) is 0 Å². The van der Waals surface area contributed by atoms with Gasteiger partial charge in [-0.1, -0.05) is 39.3 Å². The molecule has 1 N–H and O–H groups in total. The van der Waals surface area contributed by atoms with Crippen LogP contribution < -0.4 is 10.1 Å². The van der Waals surface area contributed by atoms with Gasteiger partial charge in [0.25, 0.3) is 5.91 Å². The van der Waals surface area contributed by atoms with E-state index in [0.717, 1.165) is 0 Å². The molecule has 1 unspecified atom stereocenters. The molecule has 0 radical (unpaired) electrons. The van der Waals surface area contributed by atoms with Gasteiger partial charge in [0.15, 0.2) is 5.69 Å². The lowest BCUT2D eigenvalue weighted by Crippen LogP contribution is -2.74. The van der Waals surface area contributed by atoms with E-state index in [2.05, 4.69) is 55.8 Å². The van der Waals surface area contributed by atoms with Crippen molar-refractivity contribution in [1.29, 1.82) is 5.26 Å². The first-order chi connectivity index (χ1) is 14.0. The molecule has 1 aromatic carbocycles. The van der Waals surface area contributed by atoms with Crippen LogP contribution in [0.5, 0.6) is 5.75 Å². The molecule has 1 aliphatic carbocycles. The van der Waals surface area contributed by atoms with Crippen LogP contribution in [0.2, 0.25) is 5.02 Å². The molecule has 0 spiro atoms. The number of thiol groups is 1. The summed E-state index contributed by atoms with van der Waals surface area (Å²) in [5.41, 5.74) is 0.705. The number of ether oxygens (including phenoxy) is 1. The van der Waals surface area contributed by atoms with E-state index in [1.807, 2.05) is 13.0 Å². The second-order valence-electron chi connectivity index (χ2n) is 8.82. The molecule has 2 aromatic rings. The SMILES string of the molecule is CC(S)c1ccc(C(=O)NC2C(C)(C)C(Oc3ccc(C#N)c(Cl)c3)C2(C)C)nn1. The molecule has 1 amide bonds. The van der Waals surface area contributed by atoms with Crippen LogP contribution in [0.4, 0.5) is 0 Å². The van der Waals surface area contributed by atoms with E-state index in [-0.39, 0.29) is 39.8 Å². The number of hydrogen-bond acceptors (Lipinski definition) is 6. The zero-order valence-corrected chi connectivity index (χ0v) is 19.3. The second-order valence-corrected chi connectivity index (χ2v) is 10.0. The van der Waals surface area contributed by atoms with Crippen molar-refractivity contribution in [3.63, 3.8) is 0 Å². The summed E-state index contributed by atoms with van der Waals surface area (Å²) in [5.74, 6) is 0.323. The largest absolute Gasteiger partial charge is 0.489 e. The number of rotatable bonds is 5. The number of benzene rings is 1. The van der Waals surface area contributed by atoms with Crippen molar-refractivity contribution in [2.24, 2.45) is 10.8 Å². The number of nitrogens with zero attached hydrogens (tertiary/aromatic N) is 3. The van der Waals surface area contributed by atoms with Crippen LogP contribution in [0, 0.1) is 22.2 Å². The topological polar surface area (TPSA) is 87.9 Å². The minimum absolute atomic E-state index is 0.0484. The normalized spacial score (nSPS) is 22.3. The summed E-state index contributed by atoms with van der Waals surface area (Å²) < 4.78 is 6.24. The van der Waals surface area contributed by atoms with E-state index >= 15 is 0 Å². The van der Waals surface area contributed by atoms with Crippen LogP contribution in [0.3, 0.4) is 0 Å². The van der Waals surface area contributed by atoms with Gasteiger partial charge in [0, 0.05) is 28.2 Å². The smallest absolute Gasteiger partial charge is 0.272 e. The third-order valence-electron chi connectivity index (χ3n) is 5.78. The van der Waals surface area contributed by atoms with Gasteiger partial charge in [0.05, 0.1) is 16.3 Å². The number of carbonyl (C=O) groups excluding carboxylic acids is 1. The number of carbonyl (C=O) groups is 1. The molecule has 1 aliphatic rings. The zero-order chi connectivity index (χ0) is 22.3. The average Bonchev–Trinajstić information content (AvgIpc) is 2.69. The fraction of sp³-hybridized carbons (Fsp3) is 0.455. The quantitative estimate of drug-likeness (QED) is 0.657. The standard InChI is InChI=1S/C22H25ClN4O2S/c1-12(30)16-8-9-17(27-26-16)18(28)25-19-21(2,3)20(22(19,4)5)29-14-7-6-13(11-24)15(23)10-14/h6-10,12,19-20,30H,1-5H3,(H,25,28). The van der Waals surface area contributed by atoms with E-state index in [1.54, 1.807) is 30.3 Å². The molecule has 158 valence electrons. The summed E-state index contributed by atoms with van der Waals surface area (Å²) in [6.45, 7) is 10.1. The monoisotopic (exact) mass is 444 g/mol. The molecule has 1 saturated carbocycles. The van der Waals surface area contributed by atoms with Crippen LogP contribution in [0.25, 0.3) is 0 Å². The van der Waals surface area contributed by atoms with E-state index in [4.69, 9.17) is 21.6 Å². The Bertz CT molecular complexity index is 983. The Morgan fingerprint density at radius 2 is 1.90 bits per heavy atom.